The van der Waals surface area contributed by atoms with Crippen molar-refractivity contribution in [1.82, 2.24) is 9.97 Å². The molecule has 0 spiro atoms. The number of fused-ring (bicyclic) bond motifs is 1. The van der Waals surface area contributed by atoms with Gasteiger partial charge >= 0.3 is 0 Å². The van der Waals surface area contributed by atoms with Gasteiger partial charge in [0.2, 0.25) is 12.7 Å². The summed E-state index contributed by atoms with van der Waals surface area (Å²) >= 11 is 0. The van der Waals surface area contributed by atoms with E-state index in [1.54, 1.807) is 12.3 Å². The Labute approximate surface area is 145 Å². The zero-order valence-corrected chi connectivity index (χ0v) is 14.3. The first-order valence-electron chi connectivity index (χ1n) is 8.00. The van der Waals surface area contributed by atoms with Crippen LogP contribution in [0.5, 0.6) is 11.5 Å². The summed E-state index contributed by atoms with van der Waals surface area (Å²) in [6.45, 7) is 0.828. The zero-order valence-electron chi connectivity index (χ0n) is 13.4. The van der Waals surface area contributed by atoms with Gasteiger partial charge in [-0.1, -0.05) is 6.07 Å². The molecular weight excluding hydrogens is 344 g/mol. The molecule has 8 nitrogen and oxygen atoms in total. The first-order chi connectivity index (χ1) is 12.1. The number of ether oxygens (including phenoxy) is 2. The molecule has 132 valence electrons. The van der Waals surface area contributed by atoms with Gasteiger partial charge in [0.15, 0.2) is 21.3 Å². The van der Waals surface area contributed by atoms with Gasteiger partial charge in [0.05, 0.1) is 11.5 Å². The number of benzene rings is 1. The Balaban J connectivity index is 1.38. The van der Waals surface area contributed by atoms with Gasteiger partial charge in [0, 0.05) is 18.8 Å². The number of sulfone groups is 1. The second kappa shape index (κ2) is 6.40. The predicted octanol–water partition coefficient (Wildman–Crippen LogP) is 1.42. The quantitative estimate of drug-likeness (QED) is 0.823. The van der Waals surface area contributed by atoms with Crippen LogP contribution in [0.15, 0.2) is 30.5 Å². The summed E-state index contributed by atoms with van der Waals surface area (Å²) in [6, 6.07) is 7.41. The van der Waals surface area contributed by atoms with E-state index < -0.39 is 9.84 Å². The molecule has 2 aliphatic rings. The molecule has 1 aromatic carbocycles. The van der Waals surface area contributed by atoms with Crippen molar-refractivity contribution in [2.45, 2.75) is 19.0 Å². The molecule has 1 fully saturated rings. The Morgan fingerprint density at radius 2 is 2.08 bits per heavy atom. The highest BCUT2D eigenvalue weighted by Gasteiger charge is 2.28. The average Bonchev–Trinajstić information content (AvgIpc) is 3.18. The average molecular weight is 362 g/mol. The van der Waals surface area contributed by atoms with Gasteiger partial charge < -0.3 is 20.1 Å². The number of hydrogen-bond acceptors (Lipinski definition) is 8. The number of anilines is 2. The fourth-order valence-electron chi connectivity index (χ4n) is 2.86. The Hall–Kier alpha value is -2.55. The summed E-state index contributed by atoms with van der Waals surface area (Å²) < 4.78 is 33.7. The number of nitrogens with one attached hydrogen (secondary N) is 2. The molecule has 2 aromatic rings. The van der Waals surface area contributed by atoms with Crippen molar-refractivity contribution in [3.05, 3.63) is 36.0 Å². The summed E-state index contributed by atoms with van der Waals surface area (Å²) in [5.41, 5.74) is 1.04. The van der Waals surface area contributed by atoms with Crippen LogP contribution in [0.1, 0.15) is 12.0 Å². The molecule has 0 radical (unpaired) electrons. The predicted molar refractivity (Wildman–Crippen MR) is 92.6 cm³/mol. The van der Waals surface area contributed by atoms with E-state index in [-0.39, 0.29) is 24.3 Å². The fraction of sp³-hybridized carbons (Fsp3) is 0.375. The van der Waals surface area contributed by atoms with Crippen molar-refractivity contribution in [3.63, 3.8) is 0 Å². The number of nitrogens with zero attached hydrogens (tertiary/aromatic N) is 2. The lowest BCUT2D eigenvalue weighted by Gasteiger charge is -2.12. The summed E-state index contributed by atoms with van der Waals surface area (Å²) in [7, 11) is -2.93. The van der Waals surface area contributed by atoms with Gasteiger partial charge in [-0.25, -0.2) is 13.4 Å². The van der Waals surface area contributed by atoms with Crippen molar-refractivity contribution in [2.24, 2.45) is 0 Å². The van der Waals surface area contributed by atoms with E-state index in [0.717, 1.165) is 17.1 Å². The van der Waals surface area contributed by atoms with Crippen LogP contribution < -0.4 is 20.1 Å². The van der Waals surface area contributed by atoms with Crippen LogP contribution in [0.25, 0.3) is 0 Å². The largest absolute Gasteiger partial charge is 0.454 e. The van der Waals surface area contributed by atoms with E-state index in [2.05, 4.69) is 20.6 Å². The normalized spacial score (nSPS) is 20.4. The number of rotatable bonds is 5. The van der Waals surface area contributed by atoms with Crippen molar-refractivity contribution >= 4 is 21.6 Å². The highest BCUT2D eigenvalue weighted by molar-refractivity contribution is 7.91. The molecule has 0 amide bonds. The van der Waals surface area contributed by atoms with Crippen molar-refractivity contribution in [3.8, 4) is 11.5 Å². The summed E-state index contributed by atoms with van der Waals surface area (Å²) in [4.78, 5) is 8.55. The molecule has 9 heteroatoms. The van der Waals surface area contributed by atoms with Crippen LogP contribution >= 0.6 is 0 Å². The summed E-state index contributed by atoms with van der Waals surface area (Å²) in [5, 5.41) is 6.32. The van der Waals surface area contributed by atoms with E-state index in [1.165, 1.54) is 0 Å². The highest BCUT2D eigenvalue weighted by Crippen LogP contribution is 2.32. The van der Waals surface area contributed by atoms with Gasteiger partial charge in [-0.15, -0.1) is 0 Å². The maximum Gasteiger partial charge on any atom is 0.231 e. The molecule has 0 saturated carbocycles. The lowest BCUT2D eigenvalue weighted by molar-refractivity contribution is 0.174. The fourth-order valence-corrected chi connectivity index (χ4v) is 4.53. The molecule has 4 rings (SSSR count). The number of aromatic nitrogens is 2. The molecule has 1 saturated heterocycles. The highest BCUT2D eigenvalue weighted by atomic mass is 32.2. The third kappa shape index (κ3) is 3.76. The van der Waals surface area contributed by atoms with Crippen LogP contribution in [0.3, 0.4) is 0 Å². The minimum Gasteiger partial charge on any atom is -0.454 e. The van der Waals surface area contributed by atoms with Crippen molar-refractivity contribution in [1.29, 1.82) is 0 Å². The molecule has 25 heavy (non-hydrogen) atoms. The van der Waals surface area contributed by atoms with Crippen LogP contribution in [-0.4, -0.2) is 42.7 Å². The Kier molecular flexibility index (Phi) is 4.08. The Morgan fingerprint density at radius 1 is 1.20 bits per heavy atom. The van der Waals surface area contributed by atoms with E-state index >= 15 is 0 Å². The maximum absolute atomic E-state index is 11.5. The van der Waals surface area contributed by atoms with Gasteiger partial charge in [-0.05, 0) is 30.2 Å². The summed E-state index contributed by atoms with van der Waals surface area (Å²) in [6.07, 6.45) is 2.22. The molecule has 1 aromatic heterocycles. The topological polar surface area (TPSA) is 102 Å². The zero-order chi connectivity index (χ0) is 17.3. The molecule has 0 aliphatic carbocycles. The minimum absolute atomic E-state index is 0.130. The van der Waals surface area contributed by atoms with E-state index in [0.29, 0.717) is 24.7 Å². The first kappa shape index (κ1) is 15.9. The molecular formula is C16H18N4O4S. The Bertz CT molecular complexity index is 887. The van der Waals surface area contributed by atoms with Crippen LogP contribution in [0.2, 0.25) is 0 Å². The minimum atomic E-state index is -2.93. The third-order valence-corrected chi connectivity index (χ3v) is 5.90. The second-order valence-electron chi connectivity index (χ2n) is 6.05. The SMILES string of the molecule is O=S1(=O)CCC(Nc2nccc(NCc3ccc4c(c3)OCO4)n2)C1. The molecule has 3 heterocycles. The summed E-state index contributed by atoms with van der Waals surface area (Å²) in [5.74, 6) is 2.93. The van der Waals surface area contributed by atoms with Crippen molar-refractivity contribution < 1.29 is 17.9 Å². The van der Waals surface area contributed by atoms with Gasteiger partial charge in [0.25, 0.3) is 0 Å². The van der Waals surface area contributed by atoms with E-state index in [9.17, 15) is 8.42 Å². The molecule has 0 bridgehead atoms. The van der Waals surface area contributed by atoms with E-state index in [1.807, 2.05) is 18.2 Å². The molecule has 1 unspecified atom stereocenters. The lowest BCUT2D eigenvalue weighted by atomic mass is 10.2. The monoisotopic (exact) mass is 362 g/mol. The Morgan fingerprint density at radius 3 is 2.92 bits per heavy atom. The molecule has 1 atom stereocenters. The second-order valence-corrected chi connectivity index (χ2v) is 8.28. The number of hydrogen-bond donors (Lipinski definition) is 2. The first-order valence-corrected chi connectivity index (χ1v) is 9.82. The standard InChI is InChI=1S/C16H18N4O4S/c21-25(22)6-4-12(9-25)19-16-17-5-3-15(20-16)18-8-11-1-2-13-14(7-11)24-10-23-13/h1-3,5,7,12H,4,6,8-10H2,(H2,17,18,19,20). The molecule has 2 aliphatic heterocycles. The van der Waals surface area contributed by atoms with Crippen molar-refractivity contribution in [2.75, 3.05) is 28.9 Å². The van der Waals surface area contributed by atoms with Crippen LogP contribution in [-0.2, 0) is 16.4 Å². The van der Waals surface area contributed by atoms with Gasteiger partial charge in [-0.2, -0.15) is 4.98 Å². The molecule has 2 N–H and O–H groups in total. The third-order valence-electron chi connectivity index (χ3n) is 4.13. The van der Waals surface area contributed by atoms with Gasteiger partial charge in [0.1, 0.15) is 5.82 Å². The van der Waals surface area contributed by atoms with Crippen LogP contribution in [0.4, 0.5) is 11.8 Å². The maximum atomic E-state index is 11.5. The smallest absolute Gasteiger partial charge is 0.231 e. The van der Waals surface area contributed by atoms with Gasteiger partial charge in [-0.3, -0.25) is 0 Å². The van der Waals surface area contributed by atoms with E-state index in [4.69, 9.17) is 9.47 Å². The van der Waals surface area contributed by atoms with Crippen LogP contribution in [0, 0.1) is 0 Å². The lowest BCUT2D eigenvalue weighted by Crippen LogP contribution is -2.22.